The molecule has 0 radical (unpaired) electrons. The molecule has 1 amide bonds. The van der Waals surface area contributed by atoms with Gasteiger partial charge in [0.15, 0.2) is 5.76 Å². The third-order valence-electron chi connectivity index (χ3n) is 1.56. The molecule has 12 heavy (non-hydrogen) atoms. The van der Waals surface area contributed by atoms with Crippen molar-refractivity contribution in [2.24, 2.45) is 0 Å². The number of ether oxygens (including phenoxy) is 1. The fraction of sp³-hybridized carbons (Fsp3) is 0.625. The van der Waals surface area contributed by atoms with E-state index in [1.807, 2.05) is 0 Å². The number of hydrogen-bond donors (Lipinski definition) is 2. The van der Waals surface area contributed by atoms with Crippen LogP contribution in [0.3, 0.4) is 0 Å². The predicted octanol–water partition coefficient (Wildman–Crippen LogP) is -0.211. The summed E-state index contributed by atoms with van der Waals surface area (Å²) in [6.07, 6.45) is 3.63. The maximum absolute atomic E-state index is 11.1. The minimum absolute atomic E-state index is 0.0426. The zero-order valence-electron chi connectivity index (χ0n) is 6.88. The molecule has 0 bridgehead atoms. The number of hydrogen-bond acceptors (Lipinski definition) is 3. The first-order valence-electron chi connectivity index (χ1n) is 4.06. The number of allylic oxidation sites excluding steroid dienone is 1. The van der Waals surface area contributed by atoms with E-state index in [4.69, 9.17) is 9.84 Å². The van der Waals surface area contributed by atoms with Crippen molar-refractivity contribution >= 4 is 5.91 Å². The summed E-state index contributed by atoms with van der Waals surface area (Å²) in [5, 5.41) is 11.0. The van der Waals surface area contributed by atoms with E-state index in [1.165, 1.54) is 0 Å². The lowest BCUT2D eigenvalue weighted by atomic mass is 10.2. The highest BCUT2D eigenvalue weighted by Gasteiger charge is 2.12. The fourth-order valence-electron chi connectivity index (χ4n) is 0.972. The van der Waals surface area contributed by atoms with Gasteiger partial charge in [-0.25, -0.2) is 0 Å². The second kappa shape index (κ2) is 4.77. The molecule has 0 atom stereocenters. The van der Waals surface area contributed by atoms with Gasteiger partial charge in [0, 0.05) is 6.54 Å². The van der Waals surface area contributed by atoms with Gasteiger partial charge in [0.25, 0.3) is 5.91 Å². The standard InChI is InChI=1S/C8H13NO3/c10-5-4-9-8(11)7-3-1-2-6-12-7/h3,10H,1-2,4-6H2,(H,9,11). The third kappa shape index (κ3) is 2.54. The van der Waals surface area contributed by atoms with E-state index in [1.54, 1.807) is 6.08 Å². The number of amides is 1. The average Bonchev–Trinajstić information content (AvgIpc) is 2.15. The number of nitrogens with one attached hydrogen (secondary N) is 1. The normalized spacial score (nSPS) is 16.2. The van der Waals surface area contributed by atoms with Crippen LogP contribution in [0.4, 0.5) is 0 Å². The number of aliphatic hydroxyl groups excluding tert-OH is 1. The molecule has 4 nitrogen and oxygen atoms in total. The van der Waals surface area contributed by atoms with Gasteiger partial charge in [0.2, 0.25) is 0 Å². The molecule has 0 saturated heterocycles. The first-order chi connectivity index (χ1) is 5.84. The van der Waals surface area contributed by atoms with Crippen LogP contribution in [0.1, 0.15) is 12.8 Å². The van der Waals surface area contributed by atoms with Gasteiger partial charge in [-0.15, -0.1) is 0 Å². The van der Waals surface area contributed by atoms with Gasteiger partial charge in [-0.1, -0.05) is 0 Å². The smallest absolute Gasteiger partial charge is 0.286 e. The fourth-order valence-corrected chi connectivity index (χ4v) is 0.972. The molecule has 0 spiro atoms. The Balaban J connectivity index is 2.35. The van der Waals surface area contributed by atoms with E-state index in [-0.39, 0.29) is 19.1 Å². The van der Waals surface area contributed by atoms with Gasteiger partial charge in [-0.05, 0) is 18.9 Å². The van der Waals surface area contributed by atoms with Crippen molar-refractivity contribution < 1.29 is 14.6 Å². The van der Waals surface area contributed by atoms with Gasteiger partial charge in [0.1, 0.15) is 0 Å². The van der Waals surface area contributed by atoms with Crippen LogP contribution >= 0.6 is 0 Å². The summed E-state index contributed by atoms with van der Waals surface area (Å²) in [6.45, 7) is 0.844. The Kier molecular flexibility index (Phi) is 3.60. The highest BCUT2D eigenvalue weighted by molar-refractivity contribution is 5.91. The summed E-state index contributed by atoms with van der Waals surface area (Å²) >= 11 is 0. The van der Waals surface area contributed by atoms with Gasteiger partial charge in [-0.3, -0.25) is 4.79 Å². The summed E-state index contributed by atoms with van der Waals surface area (Å²) in [5.74, 6) is 0.151. The van der Waals surface area contributed by atoms with E-state index in [9.17, 15) is 4.79 Å². The van der Waals surface area contributed by atoms with Gasteiger partial charge in [-0.2, -0.15) is 0 Å². The molecule has 1 rings (SSSR count). The first kappa shape index (κ1) is 9.06. The summed E-state index contributed by atoms with van der Waals surface area (Å²) in [5.41, 5.74) is 0. The Hall–Kier alpha value is -1.03. The van der Waals surface area contributed by atoms with Crippen LogP contribution in [0.2, 0.25) is 0 Å². The molecule has 0 saturated carbocycles. The second-order valence-corrected chi connectivity index (χ2v) is 2.54. The third-order valence-corrected chi connectivity index (χ3v) is 1.56. The Bertz CT molecular complexity index is 189. The molecule has 0 aromatic rings. The quantitative estimate of drug-likeness (QED) is 0.617. The SMILES string of the molecule is O=C(NCCO)C1=CCCCO1. The highest BCUT2D eigenvalue weighted by atomic mass is 16.5. The number of rotatable bonds is 3. The van der Waals surface area contributed by atoms with E-state index >= 15 is 0 Å². The van der Waals surface area contributed by atoms with E-state index in [0.29, 0.717) is 12.4 Å². The molecule has 0 aliphatic carbocycles. The maximum Gasteiger partial charge on any atom is 0.286 e. The molecular weight excluding hydrogens is 158 g/mol. The van der Waals surface area contributed by atoms with Crippen molar-refractivity contribution in [2.75, 3.05) is 19.8 Å². The van der Waals surface area contributed by atoms with Crippen molar-refractivity contribution in [2.45, 2.75) is 12.8 Å². The Morgan fingerprint density at radius 1 is 1.75 bits per heavy atom. The summed E-state index contributed by atoms with van der Waals surface area (Å²) in [6, 6.07) is 0. The molecule has 1 aliphatic rings. The minimum Gasteiger partial charge on any atom is -0.488 e. The van der Waals surface area contributed by atoms with Crippen LogP contribution in [0.5, 0.6) is 0 Å². The molecule has 68 valence electrons. The Labute approximate surface area is 71.2 Å². The summed E-state index contributed by atoms with van der Waals surface area (Å²) in [7, 11) is 0. The zero-order valence-corrected chi connectivity index (χ0v) is 6.88. The molecule has 0 aromatic heterocycles. The van der Waals surface area contributed by atoms with Crippen molar-refractivity contribution in [3.8, 4) is 0 Å². The van der Waals surface area contributed by atoms with Crippen molar-refractivity contribution in [3.05, 3.63) is 11.8 Å². The van der Waals surface area contributed by atoms with Crippen LogP contribution in [-0.4, -0.2) is 30.8 Å². The molecule has 4 heteroatoms. The van der Waals surface area contributed by atoms with Crippen LogP contribution in [-0.2, 0) is 9.53 Å². The summed E-state index contributed by atoms with van der Waals surface area (Å²) < 4.78 is 5.10. The molecule has 0 unspecified atom stereocenters. The van der Waals surface area contributed by atoms with Crippen LogP contribution in [0.15, 0.2) is 11.8 Å². The molecule has 0 aromatic carbocycles. The molecule has 1 aliphatic heterocycles. The number of carbonyl (C=O) groups is 1. The summed E-state index contributed by atoms with van der Waals surface area (Å²) in [4.78, 5) is 11.1. The number of aliphatic hydroxyl groups is 1. The second-order valence-electron chi connectivity index (χ2n) is 2.54. The molecule has 1 heterocycles. The predicted molar refractivity (Wildman–Crippen MR) is 43.4 cm³/mol. The minimum atomic E-state index is -0.233. The van der Waals surface area contributed by atoms with Gasteiger partial charge < -0.3 is 15.2 Å². The highest BCUT2D eigenvalue weighted by Crippen LogP contribution is 2.09. The lowest BCUT2D eigenvalue weighted by Gasteiger charge is -2.13. The zero-order chi connectivity index (χ0) is 8.81. The van der Waals surface area contributed by atoms with E-state index in [2.05, 4.69) is 5.32 Å². The van der Waals surface area contributed by atoms with E-state index in [0.717, 1.165) is 12.8 Å². The lowest BCUT2D eigenvalue weighted by molar-refractivity contribution is -0.121. The monoisotopic (exact) mass is 171 g/mol. The average molecular weight is 171 g/mol. The van der Waals surface area contributed by atoms with Crippen LogP contribution in [0.25, 0.3) is 0 Å². The van der Waals surface area contributed by atoms with Gasteiger partial charge >= 0.3 is 0 Å². The largest absolute Gasteiger partial charge is 0.488 e. The van der Waals surface area contributed by atoms with Crippen molar-refractivity contribution in [1.82, 2.24) is 5.32 Å². The van der Waals surface area contributed by atoms with E-state index < -0.39 is 0 Å². The van der Waals surface area contributed by atoms with Crippen molar-refractivity contribution in [1.29, 1.82) is 0 Å². The topological polar surface area (TPSA) is 58.6 Å². The molecule has 0 fully saturated rings. The van der Waals surface area contributed by atoms with Crippen molar-refractivity contribution in [3.63, 3.8) is 0 Å². The molecular formula is C8H13NO3. The molecule has 2 N–H and O–H groups in total. The van der Waals surface area contributed by atoms with Crippen LogP contribution in [0, 0.1) is 0 Å². The van der Waals surface area contributed by atoms with Gasteiger partial charge in [0.05, 0.1) is 13.2 Å². The lowest BCUT2D eigenvalue weighted by Crippen LogP contribution is -2.29. The Morgan fingerprint density at radius 2 is 2.58 bits per heavy atom. The number of carbonyl (C=O) groups excluding carboxylic acids is 1. The van der Waals surface area contributed by atoms with Crippen LogP contribution < -0.4 is 5.32 Å². The Morgan fingerprint density at radius 3 is 3.17 bits per heavy atom. The first-order valence-corrected chi connectivity index (χ1v) is 4.06. The maximum atomic E-state index is 11.1.